The van der Waals surface area contributed by atoms with Crippen molar-refractivity contribution in [3.8, 4) is 0 Å². The van der Waals surface area contributed by atoms with Crippen LogP contribution in [-0.4, -0.2) is 21.5 Å². The molecule has 4 nitrogen and oxygen atoms in total. The summed E-state index contributed by atoms with van der Waals surface area (Å²) in [6.45, 7) is 0. The first-order valence-electron chi connectivity index (χ1n) is 5.38. The van der Waals surface area contributed by atoms with Gasteiger partial charge in [-0.3, -0.25) is 0 Å². The third-order valence-electron chi connectivity index (χ3n) is 2.11. The molecule has 2 heterocycles. The van der Waals surface area contributed by atoms with Gasteiger partial charge in [-0.15, -0.1) is 22.7 Å². The van der Waals surface area contributed by atoms with E-state index in [1.54, 1.807) is 0 Å². The standard InChI is InChI=1S/C10H14N4S4/c11-9-13-7(5-15-9)1-3-17-18-4-2-8-6-16-10(12)14-8/h5-6H,1-4H2,(H2,11,13)(H2,12,14). The minimum atomic E-state index is 0.656. The van der Waals surface area contributed by atoms with Crippen LogP contribution < -0.4 is 11.5 Å². The summed E-state index contributed by atoms with van der Waals surface area (Å²) in [6, 6.07) is 0. The fourth-order valence-corrected chi connectivity index (χ4v) is 4.51. The van der Waals surface area contributed by atoms with Gasteiger partial charge >= 0.3 is 0 Å². The predicted molar refractivity (Wildman–Crippen MR) is 85.4 cm³/mol. The van der Waals surface area contributed by atoms with Gasteiger partial charge in [-0.2, -0.15) is 0 Å². The minimum Gasteiger partial charge on any atom is -0.375 e. The summed E-state index contributed by atoms with van der Waals surface area (Å²) in [5.41, 5.74) is 13.3. The van der Waals surface area contributed by atoms with Crippen molar-refractivity contribution in [3.05, 3.63) is 22.1 Å². The predicted octanol–water partition coefficient (Wildman–Crippen LogP) is 2.93. The molecule has 0 aromatic carbocycles. The van der Waals surface area contributed by atoms with E-state index in [1.807, 2.05) is 32.3 Å². The number of nitrogens with two attached hydrogens (primary N) is 2. The molecule has 0 bridgehead atoms. The number of rotatable bonds is 7. The molecule has 2 aromatic rings. The van der Waals surface area contributed by atoms with E-state index in [0.717, 1.165) is 35.7 Å². The van der Waals surface area contributed by atoms with Crippen molar-refractivity contribution in [2.45, 2.75) is 12.8 Å². The van der Waals surface area contributed by atoms with Crippen LogP contribution in [0.2, 0.25) is 0 Å². The van der Waals surface area contributed by atoms with Crippen molar-refractivity contribution < 1.29 is 0 Å². The normalized spacial score (nSPS) is 10.9. The van der Waals surface area contributed by atoms with Crippen molar-refractivity contribution >= 4 is 54.5 Å². The summed E-state index contributed by atoms with van der Waals surface area (Å²) in [5.74, 6) is 2.13. The minimum absolute atomic E-state index is 0.656. The van der Waals surface area contributed by atoms with Crippen LogP contribution in [0.1, 0.15) is 11.4 Å². The highest BCUT2D eigenvalue weighted by molar-refractivity contribution is 8.76. The third-order valence-corrected chi connectivity index (χ3v) is 5.96. The quantitative estimate of drug-likeness (QED) is 0.604. The molecular weight excluding hydrogens is 304 g/mol. The van der Waals surface area contributed by atoms with Gasteiger partial charge in [0.05, 0.1) is 11.4 Å². The fourth-order valence-electron chi connectivity index (χ4n) is 1.29. The van der Waals surface area contributed by atoms with E-state index >= 15 is 0 Å². The summed E-state index contributed by atoms with van der Waals surface area (Å²) in [4.78, 5) is 8.46. The van der Waals surface area contributed by atoms with Crippen LogP contribution >= 0.6 is 44.3 Å². The summed E-state index contributed by atoms with van der Waals surface area (Å²) in [7, 11) is 3.74. The molecular formula is C10H14N4S4. The van der Waals surface area contributed by atoms with Crippen molar-refractivity contribution in [1.29, 1.82) is 0 Å². The van der Waals surface area contributed by atoms with Gasteiger partial charge in [0.1, 0.15) is 0 Å². The van der Waals surface area contributed by atoms with Crippen molar-refractivity contribution in [2.24, 2.45) is 0 Å². The lowest BCUT2D eigenvalue weighted by Gasteiger charge is -1.98. The highest BCUT2D eigenvalue weighted by atomic mass is 33.1. The Morgan fingerprint density at radius 1 is 0.889 bits per heavy atom. The highest BCUT2D eigenvalue weighted by Gasteiger charge is 2.01. The molecule has 0 saturated carbocycles. The van der Waals surface area contributed by atoms with Crippen LogP contribution in [-0.2, 0) is 12.8 Å². The topological polar surface area (TPSA) is 77.8 Å². The molecule has 2 aromatic heterocycles. The zero-order valence-electron chi connectivity index (χ0n) is 9.67. The van der Waals surface area contributed by atoms with Gasteiger partial charge in [-0.1, -0.05) is 21.6 Å². The number of nitrogens with zero attached hydrogens (tertiary/aromatic N) is 2. The molecule has 0 fully saturated rings. The summed E-state index contributed by atoms with van der Waals surface area (Å²) < 4.78 is 0. The van der Waals surface area contributed by atoms with Crippen molar-refractivity contribution in [2.75, 3.05) is 23.0 Å². The third kappa shape index (κ3) is 4.68. The molecule has 8 heteroatoms. The lowest BCUT2D eigenvalue weighted by Crippen LogP contribution is -1.91. The molecule has 0 spiro atoms. The Hall–Kier alpha value is -0.440. The van der Waals surface area contributed by atoms with Gasteiger partial charge in [-0.25, -0.2) is 9.97 Å². The zero-order chi connectivity index (χ0) is 12.8. The molecule has 0 saturated heterocycles. The Labute approximate surface area is 122 Å². The number of aryl methyl sites for hydroxylation is 2. The molecule has 0 aliphatic carbocycles. The molecule has 98 valence electrons. The molecule has 0 radical (unpaired) electrons. The van der Waals surface area contributed by atoms with Crippen LogP contribution in [0.15, 0.2) is 10.8 Å². The number of anilines is 2. The van der Waals surface area contributed by atoms with E-state index < -0.39 is 0 Å². The Morgan fingerprint density at radius 2 is 1.33 bits per heavy atom. The van der Waals surface area contributed by atoms with Crippen LogP contribution in [0, 0.1) is 0 Å². The maximum absolute atomic E-state index is 5.58. The second-order valence-electron chi connectivity index (χ2n) is 3.50. The SMILES string of the molecule is Nc1nc(CCSSCCc2csc(N)n2)cs1. The van der Waals surface area contributed by atoms with E-state index in [9.17, 15) is 0 Å². The van der Waals surface area contributed by atoms with Crippen LogP contribution in [0.25, 0.3) is 0 Å². The second kappa shape index (κ2) is 7.22. The fraction of sp³-hybridized carbons (Fsp3) is 0.400. The molecule has 0 aliphatic heterocycles. The number of aromatic nitrogens is 2. The van der Waals surface area contributed by atoms with Gasteiger partial charge in [0.15, 0.2) is 10.3 Å². The number of hydrogen-bond donors (Lipinski definition) is 2. The van der Waals surface area contributed by atoms with Gasteiger partial charge < -0.3 is 11.5 Å². The van der Waals surface area contributed by atoms with E-state index in [4.69, 9.17) is 11.5 Å². The first kappa shape index (κ1) is 14.0. The Morgan fingerprint density at radius 3 is 1.67 bits per heavy atom. The highest BCUT2D eigenvalue weighted by Crippen LogP contribution is 2.24. The van der Waals surface area contributed by atoms with Crippen molar-refractivity contribution in [3.63, 3.8) is 0 Å². The maximum Gasteiger partial charge on any atom is 0.180 e. The average molecular weight is 319 g/mol. The average Bonchev–Trinajstić information content (AvgIpc) is 2.93. The van der Waals surface area contributed by atoms with E-state index in [0.29, 0.717) is 10.3 Å². The molecule has 4 N–H and O–H groups in total. The first-order valence-corrected chi connectivity index (χ1v) is 9.63. The van der Waals surface area contributed by atoms with Gasteiger partial charge in [-0.05, 0) is 0 Å². The largest absolute Gasteiger partial charge is 0.375 e. The van der Waals surface area contributed by atoms with Crippen molar-refractivity contribution in [1.82, 2.24) is 9.97 Å². The molecule has 0 amide bonds. The number of nitrogen functional groups attached to an aromatic ring is 2. The first-order chi connectivity index (χ1) is 8.74. The lowest BCUT2D eigenvalue weighted by atomic mass is 10.4. The molecule has 0 unspecified atom stereocenters. The van der Waals surface area contributed by atoms with Gasteiger partial charge in [0.2, 0.25) is 0 Å². The van der Waals surface area contributed by atoms with Crippen LogP contribution in [0.3, 0.4) is 0 Å². The molecule has 0 aliphatic rings. The van der Waals surface area contributed by atoms with Gasteiger partial charge in [0, 0.05) is 35.1 Å². The van der Waals surface area contributed by atoms with Gasteiger partial charge in [0.25, 0.3) is 0 Å². The number of hydrogen-bond acceptors (Lipinski definition) is 8. The second-order valence-corrected chi connectivity index (χ2v) is 7.98. The Kier molecular flexibility index (Phi) is 5.61. The summed E-state index contributed by atoms with van der Waals surface area (Å²) >= 11 is 3.01. The van der Waals surface area contributed by atoms with E-state index in [-0.39, 0.29) is 0 Å². The lowest BCUT2D eigenvalue weighted by molar-refractivity contribution is 1.08. The number of thiazole rings is 2. The van der Waals surface area contributed by atoms with E-state index in [2.05, 4.69) is 9.97 Å². The van der Waals surface area contributed by atoms with Crippen LogP contribution in [0.5, 0.6) is 0 Å². The summed E-state index contributed by atoms with van der Waals surface area (Å²) in [6.07, 6.45) is 1.96. The zero-order valence-corrected chi connectivity index (χ0v) is 12.9. The van der Waals surface area contributed by atoms with Crippen LogP contribution in [0.4, 0.5) is 10.3 Å². The molecule has 18 heavy (non-hydrogen) atoms. The van der Waals surface area contributed by atoms with E-state index in [1.165, 1.54) is 22.7 Å². The molecule has 0 atom stereocenters. The smallest absolute Gasteiger partial charge is 0.180 e. The Bertz CT molecular complexity index is 437. The summed E-state index contributed by atoms with van der Waals surface area (Å²) in [5, 5.41) is 5.37. The molecule has 2 rings (SSSR count). The maximum atomic E-state index is 5.58. The Balaban J connectivity index is 1.54. The monoisotopic (exact) mass is 318 g/mol.